The first kappa shape index (κ1) is 81.1. The van der Waals surface area contributed by atoms with Gasteiger partial charge in [-0.1, -0.05) is 80.7 Å². The summed E-state index contributed by atoms with van der Waals surface area (Å²) in [4.78, 5) is 125. The third-order valence-corrected chi connectivity index (χ3v) is 41.5. The number of aliphatic hydroxyl groups is 4. The number of hydrogen-bond acceptors (Lipinski definition) is 18. The van der Waals surface area contributed by atoms with Crippen molar-refractivity contribution in [3.63, 3.8) is 0 Å². The summed E-state index contributed by atoms with van der Waals surface area (Å²) in [5, 5.41) is 103. The minimum absolute atomic E-state index is 0.00104. The quantitative estimate of drug-likeness (QED) is 0.0671. The molecule has 4 saturated heterocycles. The molecule has 20 aliphatic carbocycles. The van der Waals surface area contributed by atoms with E-state index in [1.165, 1.54) is 16.7 Å². The maximum Gasteiger partial charge on any atom is 0.316 e. The Morgan fingerprint density at radius 1 is 0.383 bits per heavy atom. The van der Waals surface area contributed by atoms with Crippen LogP contribution in [-0.4, -0.2) is 157 Å². The molecule has 24 nitrogen and oxygen atoms in total. The Labute approximate surface area is 698 Å². The molecule has 24 aliphatic rings. The van der Waals surface area contributed by atoms with E-state index in [9.17, 15) is 99.0 Å². The zero-order valence-corrected chi connectivity index (χ0v) is 70.0. The molecular formula is C96H120O24. The Balaban J connectivity index is 0.0000000959. The van der Waals surface area contributed by atoms with Gasteiger partial charge >= 0.3 is 59.7 Å². The zero-order valence-electron chi connectivity index (χ0n) is 70.0. The number of carboxylic acid groups (broad SMARTS) is 6. The fraction of sp³-hybridized carbons (Fsp3) is 0.750. The molecule has 38 atom stereocenters. The van der Waals surface area contributed by atoms with E-state index in [1.807, 2.05) is 19.9 Å². The molecule has 4 heterocycles. The van der Waals surface area contributed by atoms with E-state index in [4.69, 9.17) is 18.9 Å². The van der Waals surface area contributed by atoms with Crippen molar-refractivity contribution in [1.29, 1.82) is 0 Å². The van der Waals surface area contributed by atoms with Crippen LogP contribution in [0.5, 0.6) is 0 Å². The van der Waals surface area contributed by atoms with Gasteiger partial charge in [0.25, 0.3) is 0 Å². The van der Waals surface area contributed by atoms with E-state index < -0.39 is 185 Å². The van der Waals surface area contributed by atoms with Crippen LogP contribution >= 0.6 is 0 Å². The number of aliphatic hydroxyl groups excluding tert-OH is 3. The minimum Gasteiger partial charge on any atom is -0.481 e. The molecule has 24 rings (SSSR count). The van der Waals surface area contributed by atoms with Gasteiger partial charge in [0.05, 0.1) is 69.7 Å². The number of aliphatic carboxylic acids is 6. The van der Waals surface area contributed by atoms with Crippen molar-refractivity contribution < 1.29 is 118 Å². The van der Waals surface area contributed by atoms with Crippen LogP contribution in [0, 0.1) is 172 Å². The summed E-state index contributed by atoms with van der Waals surface area (Å²) in [6.45, 7) is 32.0. The largest absolute Gasteiger partial charge is 0.481 e. The van der Waals surface area contributed by atoms with Crippen LogP contribution in [0.3, 0.4) is 0 Å². The summed E-state index contributed by atoms with van der Waals surface area (Å²) in [5.74, 6) is -9.49. The van der Waals surface area contributed by atoms with Crippen molar-refractivity contribution in [2.24, 2.45) is 172 Å². The van der Waals surface area contributed by atoms with Gasteiger partial charge in [0.2, 0.25) is 0 Å². The summed E-state index contributed by atoms with van der Waals surface area (Å²) in [5.41, 5.74) is -5.79. The highest BCUT2D eigenvalue weighted by Crippen LogP contribution is 2.84. The lowest BCUT2D eigenvalue weighted by molar-refractivity contribution is -0.167. The van der Waals surface area contributed by atoms with E-state index >= 15 is 0 Å². The maximum absolute atomic E-state index is 12.7. The van der Waals surface area contributed by atoms with Gasteiger partial charge in [0, 0.05) is 47.3 Å². The van der Waals surface area contributed by atoms with Gasteiger partial charge < -0.3 is 70.0 Å². The number of esters is 4. The lowest BCUT2D eigenvalue weighted by Crippen LogP contribution is -2.53. The molecule has 0 aromatic heterocycles. The average Bonchev–Trinajstić information content (AvgIpc) is 1.49. The number of carbonyl (C=O) groups excluding carboxylic acids is 4. The Morgan fingerprint density at radius 3 is 1.24 bits per heavy atom. The molecule has 10 N–H and O–H groups in total. The smallest absolute Gasteiger partial charge is 0.316 e. The molecule has 0 radical (unpaired) electrons. The van der Waals surface area contributed by atoms with Crippen molar-refractivity contribution in [2.45, 2.75) is 268 Å². The van der Waals surface area contributed by atoms with Gasteiger partial charge in [-0.2, -0.15) is 0 Å². The lowest BCUT2D eigenvalue weighted by Gasteiger charge is -2.50. The van der Waals surface area contributed by atoms with Crippen molar-refractivity contribution in [3.05, 3.63) is 85.1 Å². The Bertz CT molecular complexity index is 4800. The molecule has 24 heteroatoms. The van der Waals surface area contributed by atoms with Crippen LogP contribution < -0.4 is 0 Å². The van der Waals surface area contributed by atoms with E-state index in [-0.39, 0.29) is 63.1 Å². The molecule has 648 valence electrons. The summed E-state index contributed by atoms with van der Waals surface area (Å²) >= 11 is 0. The Kier molecular flexibility index (Phi) is 16.7. The summed E-state index contributed by atoms with van der Waals surface area (Å²) in [6, 6.07) is 0. The predicted octanol–water partition coefficient (Wildman–Crippen LogP) is 12.2. The van der Waals surface area contributed by atoms with Gasteiger partial charge in [-0.3, -0.25) is 47.9 Å². The van der Waals surface area contributed by atoms with Gasteiger partial charge in [-0.25, -0.2) is 0 Å². The second-order valence-electron chi connectivity index (χ2n) is 45.2. The molecule has 18 bridgehead atoms. The van der Waals surface area contributed by atoms with Gasteiger partial charge in [-0.05, 0) is 294 Å². The number of fused-ring (bicyclic) bond motifs is 7. The van der Waals surface area contributed by atoms with Crippen LogP contribution in [0.2, 0.25) is 0 Å². The number of carbonyl (C=O) groups is 10. The fourth-order valence-electron chi connectivity index (χ4n) is 37.5. The van der Waals surface area contributed by atoms with Crippen LogP contribution in [0.25, 0.3) is 0 Å². The van der Waals surface area contributed by atoms with Crippen LogP contribution in [0.15, 0.2) is 85.1 Å². The average molecular weight is 1660 g/mol. The molecule has 18 saturated carbocycles. The van der Waals surface area contributed by atoms with Crippen LogP contribution in [0.4, 0.5) is 0 Å². The van der Waals surface area contributed by atoms with E-state index in [1.54, 1.807) is 39.0 Å². The van der Waals surface area contributed by atoms with Crippen molar-refractivity contribution in [3.8, 4) is 0 Å². The highest BCUT2D eigenvalue weighted by atomic mass is 16.6. The Morgan fingerprint density at radius 2 is 0.767 bits per heavy atom. The van der Waals surface area contributed by atoms with E-state index in [0.717, 1.165) is 134 Å². The molecule has 0 amide bonds. The molecule has 1 unspecified atom stereocenters. The first-order valence-electron chi connectivity index (χ1n) is 45.0. The van der Waals surface area contributed by atoms with Crippen molar-refractivity contribution in [2.75, 3.05) is 0 Å². The fourth-order valence-corrected chi connectivity index (χ4v) is 37.5. The second-order valence-corrected chi connectivity index (χ2v) is 45.2. The van der Waals surface area contributed by atoms with Crippen LogP contribution in [-0.2, 0) is 66.9 Å². The van der Waals surface area contributed by atoms with Crippen LogP contribution in [0.1, 0.15) is 221 Å². The maximum atomic E-state index is 12.7. The van der Waals surface area contributed by atoms with Crippen molar-refractivity contribution in [1.82, 2.24) is 0 Å². The topological polar surface area (TPSA) is 410 Å². The van der Waals surface area contributed by atoms with Gasteiger partial charge in [-0.15, -0.1) is 0 Å². The first-order valence-corrected chi connectivity index (χ1v) is 45.0. The summed E-state index contributed by atoms with van der Waals surface area (Å²) in [6.07, 6.45) is 26.5. The third-order valence-electron chi connectivity index (χ3n) is 41.5. The molecule has 0 aromatic carbocycles. The molecule has 5 spiro atoms. The molecule has 120 heavy (non-hydrogen) atoms. The number of carboxylic acids is 6. The highest BCUT2D eigenvalue weighted by Gasteiger charge is 2.88. The van der Waals surface area contributed by atoms with Crippen molar-refractivity contribution >= 4 is 59.7 Å². The highest BCUT2D eigenvalue weighted by molar-refractivity contribution is 5.90. The zero-order chi connectivity index (χ0) is 85.8. The Hall–Kier alpha value is -7.28. The second kappa shape index (κ2) is 24.6. The normalized spacial score (nSPS) is 56.3. The summed E-state index contributed by atoms with van der Waals surface area (Å²) in [7, 11) is 0. The third kappa shape index (κ3) is 9.05. The molecule has 4 aliphatic heterocycles. The number of allylic oxidation sites excluding steroid dienone is 4. The molecule has 22 fully saturated rings. The van der Waals surface area contributed by atoms with E-state index in [0.29, 0.717) is 86.5 Å². The van der Waals surface area contributed by atoms with Gasteiger partial charge in [0.1, 0.15) is 33.2 Å². The monoisotopic (exact) mass is 1660 g/mol. The predicted molar refractivity (Wildman–Crippen MR) is 424 cm³/mol. The summed E-state index contributed by atoms with van der Waals surface area (Å²) < 4.78 is 23.9. The minimum atomic E-state index is -1.27. The molecular weight excluding hydrogens is 1540 g/mol. The lowest BCUT2D eigenvalue weighted by atomic mass is 9.53. The number of hydrogen-bond donors (Lipinski definition) is 10. The SMILES string of the molecule is C=C1C[C@]23C[C@@]1(O)CC[C@H]2[C@@]12C=C[C@H](O)[C@](C)(C(=O)O1)[C@H]2[C@@H]3C(=O)O.C=C1C[C@]23C[C@H]1CC[C@H]2[C@@]12C=C[C@H](O)[C@](C)(C(=O)O1)[C@H]2[C@@H]3C(=O)O.C=C1C[C@]23C[C@H]1CC[C@H]2[C@@]12CCC[C@](C)(C(=O)O1)C2[C@@H]3C(=O)O.C=C1C[C@]23C[C@H]1CC[C@H]2[C@@]12CC[C@H](O)[C@](C)(C(=O)O1)[C@H]2[C@@H]3C(=O)O.C=C1C[C@]23C[C@H]1CC[C@H]2[C@]1(C)CCC[C@@](C)(C(=O)O)[C@H]1[C@@H]3C(=O)O. The number of rotatable bonds is 6. The van der Waals surface area contributed by atoms with Gasteiger partial charge in [0.15, 0.2) is 0 Å². The first-order chi connectivity index (χ1) is 56.2. The molecule has 0 aromatic rings. The van der Waals surface area contributed by atoms with E-state index in [2.05, 4.69) is 39.8 Å². The standard InChI is InChI=1S/C20H28O4.C19H22O6.C19H24O5.C19H22O5.C19H24O4/c1-11-9-20-10-12(11)5-6-13(20)18(2)7-4-8-19(3,17(23)24)15(18)14(20)16(21)22;1-9-7-17-8-18(9,24)5-3-10(17)19-6-4-11(20)16(2,15(23)25-19)13(19)12(17)14(21)22;2*1-9-7-18-8-10(9)3-4-11(18)19-6-5-12(20)17(2,16(23)24-19)14(19)13(18)15(21)22;1-10-8-18-9-11(10)4-5-12(18)19-7-3-6-17(2,16(22)23-19)14(19)13(18)15(20)21/h12-15H,1,4-10H2,2-3H3,(H,21,22)(H,23,24);4,6,10-13,20,24H,1,3,5,7-8H2,2H3,(H,21,22);10-14,20H,1,3-8H2,2H3,(H,21,22);5-6,10-14,20H,1,3-4,7-8H2,2H3,(H,21,22);11-14H,1,3-9H2,2H3,(H,20,21)/t12-,13+,14-,15+,18+,19-,20+;10-,11+,12-,13-,16+,17+,18+,19-;2*10-,11-,12+,13-,14-,17+,18+,19-;11-,12-,13-,14?,17+,18+,19-/m11111/s1. The number of ether oxygens (including phenoxy) is 4.